The van der Waals surface area contributed by atoms with Crippen molar-refractivity contribution in [2.24, 2.45) is 16.5 Å². The highest BCUT2D eigenvalue weighted by Gasteiger charge is 1.91. The number of aliphatic imine (C=N–C) groups is 1. The second kappa shape index (κ2) is 57.5. The van der Waals surface area contributed by atoms with E-state index < -0.39 is 0 Å². The number of hydrogen-bond donors (Lipinski definition) is 5. The molecule has 2 aromatic rings. The van der Waals surface area contributed by atoms with Crippen molar-refractivity contribution < 1.29 is 0 Å². The van der Waals surface area contributed by atoms with Crippen LogP contribution in [0.4, 0.5) is 5.82 Å². The summed E-state index contributed by atoms with van der Waals surface area (Å²) >= 11 is 5.45. The maximum atomic E-state index is 6.86. The number of halogens is 1. The number of nitrogens with two attached hydrogens (primary N) is 2. The molecule has 2 rings (SSSR count). The van der Waals surface area contributed by atoms with Crippen molar-refractivity contribution in [2.75, 3.05) is 0 Å². The molecule has 10 nitrogen and oxygen atoms in total. The Balaban J connectivity index is -0.0000000587. The molecule has 204 valence electrons. The summed E-state index contributed by atoms with van der Waals surface area (Å²) in [6.45, 7) is 24.0. The number of aromatic nitrogens is 4. The summed E-state index contributed by atoms with van der Waals surface area (Å²) in [4.78, 5) is 18.8. The summed E-state index contributed by atoms with van der Waals surface area (Å²) in [6.07, 6.45) is 9.92. The average Bonchev–Trinajstić information content (AvgIpc) is 2.96. The van der Waals surface area contributed by atoms with Gasteiger partial charge in [0.15, 0.2) is 5.82 Å². The molecule has 11 heteroatoms. The summed E-state index contributed by atoms with van der Waals surface area (Å²) in [7, 11) is 0. The van der Waals surface area contributed by atoms with E-state index in [0.717, 1.165) is 25.1 Å². The van der Waals surface area contributed by atoms with Crippen molar-refractivity contribution in [3.05, 3.63) is 41.3 Å². The molecule has 0 fully saturated rings. The molecule has 0 spiro atoms. The lowest BCUT2D eigenvalue weighted by atomic mass is 10.5. The van der Waals surface area contributed by atoms with Gasteiger partial charge >= 0.3 is 0 Å². The predicted molar refractivity (Wildman–Crippen MR) is 158 cm³/mol. The fourth-order valence-electron chi connectivity index (χ4n) is 1.00. The lowest BCUT2D eigenvalue weighted by molar-refractivity contribution is 1.16. The van der Waals surface area contributed by atoms with Gasteiger partial charge in [-0.05, 0) is 0 Å². The Morgan fingerprint density at radius 2 is 1.00 bits per heavy atom. The first kappa shape index (κ1) is 49.0. The van der Waals surface area contributed by atoms with E-state index in [9.17, 15) is 0 Å². The van der Waals surface area contributed by atoms with E-state index in [1.807, 2.05) is 83.1 Å². The van der Waals surface area contributed by atoms with E-state index in [4.69, 9.17) is 33.6 Å². The van der Waals surface area contributed by atoms with Crippen molar-refractivity contribution in [1.29, 1.82) is 16.2 Å². The van der Waals surface area contributed by atoms with Crippen LogP contribution in [0.1, 0.15) is 94.5 Å². The van der Waals surface area contributed by atoms with Crippen LogP contribution in [0.15, 0.2) is 29.8 Å². The van der Waals surface area contributed by atoms with Crippen molar-refractivity contribution >= 4 is 42.5 Å². The van der Waals surface area contributed by atoms with Crippen LogP contribution in [0.2, 0.25) is 5.15 Å². The Morgan fingerprint density at radius 3 is 1.29 bits per heavy atom. The van der Waals surface area contributed by atoms with Gasteiger partial charge in [0.05, 0.1) is 37.5 Å². The molecule has 0 aliphatic rings. The van der Waals surface area contributed by atoms with Gasteiger partial charge in [0, 0.05) is 12.4 Å². The summed E-state index contributed by atoms with van der Waals surface area (Å²) < 4.78 is 0. The SMILES string of the molecule is CC.CC.CC.CC.CC.CC.N=CN.N=Cc1cncc(Cl)n1.N=Cc1cncc(N=CN)n1. The molecule has 0 unspecified atom stereocenters. The zero-order chi connectivity index (χ0) is 29.5. The largest absolute Gasteiger partial charge is 0.390 e. The Hall–Kier alpha value is -3.27. The molecule has 2 heterocycles. The van der Waals surface area contributed by atoms with Crippen LogP contribution in [0.5, 0.6) is 0 Å². The Kier molecular flexibility index (Phi) is 80.5. The Morgan fingerprint density at radius 1 is 0.657 bits per heavy atom. The van der Waals surface area contributed by atoms with Crippen LogP contribution in [0.25, 0.3) is 0 Å². The first-order valence-electron chi connectivity index (χ1n) is 11.9. The third kappa shape index (κ3) is 45.0. The maximum Gasteiger partial charge on any atom is 0.172 e. The molecule has 0 aliphatic heterocycles. The van der Waals surface area contributed by atoms with Crippen LogP contribution in [-0.4, -0.2) is 45.0 Å². The van der Waals surface area contributed by atoms with Gasteiger partial charge in [-0.25, -0.2) is 15.0 Å². The van der Waals surface area contributed by atoms with Gasteiger partial charge < -0.3 is 22.3 Å². The highest BCUT2D eigenvalue weighted by molar-refractivity contribution is 6.29. The van der Waals surface area contributed by atoms with Crippen LogP contribution in [0.3, 0.4) is 0 Å². The summed E-state index contributed by atoms with van der Waals surface area (Å²) in [5.74, 6) is 0.411. The quantitative estimate of drug-likeness (QED) is 0.218. The highest BCUT2D eigenvalue weighted by Crippen LogP contribution is 2.02. The Bertz CT molecular complexity index is 666. The fourth-order valence-corrected chi connectivity index (χ4v) is 1.16. The van der Waals surface area contributed by atoms with Crippen LogP contribution < -0.4 is 11.5 Å². The third-order valence-corrected chi connectivity index (χ3v) is 1.95. The van der Waals surface area contributed by atoms with Gasteiger partial charge in [0.1, 0.15) is 16.5 Å². The molecule has 0 amide bonds. The monoisotopic (exact) mass is 514 g/mol. The minimum absolute atomic E-state index is 0.316. The van der Waals surface area contributed by atoms with Gasteiger partial charge in [-0.2, -0.15) is 0 Å². The fraction of sp³-hybridized carbons (Fsp3) is 0.500. The first-order chi connectivity index (χ1) is 17.1. The molecular formula is C24H51ClN10. The van der Waals surface area contributed by atoms with E-state index in [2.05, 4.69) is 30.7 Å². The smallest absolute Gasteiger partial charge is 0.172 e. The number of nitrogens with zero attached hydrogens (tertiary/aromatic N) is 5. The van der Waals surface area contributed by atoms with E-state index in [1.165, 1.54) is 24.8 Å². The van der Waals surface area contributed by atoms with E-state index in [0.29, 0.717) is 22.4 Å². The first-order valence-corrected chi connectivity index (χ1v) is 12.2. The molecule has 0 atom stereocenters. The zero-order valence-electron chi connectivity index (χ0n) is 23.9. The molecule has 0 aliphatic carbocycles. The van der Waals surface area contributed by atoms with Crippen molar-refractivity contribution in [1.82, 2.24) is 19.9 Å². The predicted octanol–water partition coefficient (Wildman–Crippen LogP) is 6.93. The van der Waals surface area contributed by atoms with Gasteiger partial charge in [-0.3, -0.25) is 15.4 Å². The molecule has 7 N–H and O–H groups in total. The van der Waals surface area contributed by atoms with Gasteiger partial charge in [-0.1, -0.05) is 94.7 Å². The van der Waals surface area contributed by atoms with Crippen molar-refractivity contribution in [3.63, 3.8) is 0 Å². The average molecular weight is 515 g/mol. The molecule has 0 saturated carbocycles. The maximum absolute atomic E-state index is 6.86. The van der Waals surface area contributed by atoms with Crippen LogP contribution in [-0.2, 0) is 0 Å². The molecular weight excluding hydrogens is 464 g/mol. The standard InChI is InChI=1S/C6H7N5.C5H4ClN3.6C2H6.CH4N2/c7-1-5-2-9-3-6(11-5)10-4-8;6-5-3-8-2-4(1-7)9-5;6*1-2;2-1-3/h1-4,7H,(H2,8,10,11);1-3,7H;6*1-2H3;1H,(H3,2,3). The number of hydrogen-bond acceptors (Lipinski definition) is 8. The zero-order valence-corrected chi connectivity index (χ0v) is 24.6. The van der Waals surface area contributed by atoms with E-state index in [-0.39, 0.29) is 0 Å². The second-order valence-corrected chi connectivity index (χ2v) is 3.69. The lowest BCUT2D eigenvalue weighted by Crippen LogP contribution is -1.91. The molecule has 0 radical (unpaired) electrons. The third-order valence-electron chi connectivity index (χ3n) is 1.77. The second-order valence-electron chi connectivity index (χ2n) is 3.30. The topological polar surface area (TPSA) is 188 Å². The van der Waals surface area contributed by atoms with Crippen molar-refractivity contribution in [2.45, 2.75) is 83.1 Å². The normalized spacial score (nSPS) is 6.89. The van der Waals surface area contributed by atoms with E-state index >= 15 is 0 Å². The van der Waals surface area contributed by atoms with Gasteiger partial charge in [0.2, 0.25) is 0 Å². The lowest BCUT2D eigenvalue weighted by Gasteiger charge is -1.91. The van der Waals surface area contributed by atoms with Crippen LogP contribution >= 0.6 is 11.6 Å². The summed E-state index contributed by atoms with van der Waals surface area (Å²) in [6, 6.07) is 0. The summed E-state index contributed by atoms with van der Waals surface area (Å²) in [5, 5.41) is 19.8. The van der Waals surface area contributed by atoms with Crippen molar-refractivity contribution in [3.8, 4) is 0 Å². The molecule has 2 aromatic heterocycles. The highest BCUT2D eigenvalue weighted by atomic mass is 35.5. The Labute approximate surface area is 219 Å². The minimum atomic E-state index is 0.316. The molecule has 0 saturated heterocycles. The van der Waals surface area contributed by atoms with E-state index in [1.54, 1.807) is 0 Å². The molecule has 0 aromatic carbocycles. The number of rotatable bonds is 3. The molecule has 35 heavy (non-hydrogen) atoms. The van der Waals surface area contributed by atoms with Crippen LogP contribution in [0, 0.1) is 16.2 Å². The molecule has 0 bridgehead atoms. The van der Waals surface area contributed by atoms with Gasteiger partial charge in [0.25, 0.3) is 0 Å². The minimum Gasteiger partial charge on any atom is -0.390 e. The van der Waals surface area contributed by atoms with Gasteiger partial charge in [-0.15, -0.1) is 0 Å². The number of nitrogens with one attached hydrogen (secondary N) is 3. The summed E-state index contributed by atoms with van der Waals surface area (Å²) in [5.41, 5.74) is 10.4.